The number of nitrogens with one attached hydrogen (secondary N) is 1. The molecule has 0 bridgehead atoms. The van der Waals surface area contributed by atoms with Crippen molar-refractivity contribution in [2.45, 2.75) is 39.7 Å². The number of hydrogen-bond acceptors (Lipinski definition) is 3. The average molecular weight is 241 g/mol. The Labute approximate surface area is 105 Å². The number of nitrogens with two attached hydrogens (primary N) is 1. The van der Waals surface area contributed by atoms with Gasteiger partial charge >= 0.3 is 0 Å². The molecule has 17 heavy (non-hydrogen) atoms. The molecule has 3 N–H and O–H groups in total. The number of nitrogens with zero attached hydrogens (tertiary/aromatic N) is 1. The van der Waals surface area contributed by atoms with Crippen LogP contribution in [0.2, 0.25) is 0 Å². The minimum absolute atomic E-state index is 0.199. The number of carbonyl (C=O) groups is 1. The monoisotopic (exact) mass is 241 g/mol. The summed E-state index contributed by atoms with van der Waals surface area (Å²) >= 11 is 0. The Bertz CT molecular complexity index is 235. The summed E-state index contributed by atoms with van der Waals surface area (Å²) in [6.07, 6.45) is 1.94. The van der Waals surface area contributed by atoms with Crippen molar-refractivity contribution in [1.82, 2.24) is 10.2 Å². The van der Waals surface area contributed by atoms with Gasteiger partial charge in [0.1, 0.15) is 0 Å². The standard InChI is InChI=1S/C13H27N3O/c1-10(2)11(3)15-13(17)12-4-7-16(8-5-12)9-6-14/h10-12H,4-9,14H2,1-3H3,(H,15,17). The van der Waals surface area contributed by atoms with Crippen LogP contribution in [0.4, 0.5) is 0 Å². The minimum Gasteiger partial charge on any atom is -0.353 e. The van der Waals surface area contributed by atoms with Crippen molar-refractivity contribution in [3.05, 3.63) is 0 Å². The summed E-state index contributed by atoms with van der Waals surface area (Å²) < 4.78 is 0. The Morgan fingerprint density at radius 2 is 1.94 bits per heavy atom. The predicted molar refractivity (Wildman–Crippen MR) is 70.7 cm³/mol. The topological polar surface area (TPSA) is 58.4 Å². The summed E-state index contributed by atoms with van der Waals surface area (Å²) in [5.74, 6) is 0.931. The first kappa shape index (κ1) is 14.5. The molecule has 100 valence electrons. The summed E-state index contributed by atoms with van der Waals surface area (Å²) in [6.45, 7) is 10.0. The molecule has 1 heterocycles. The third kappa shape index (κ3) is 4.64. The van der Waals surface area contributed by atoms with Gasteiger partial charge in [-0.3, -0.25) is 4.79 Å². The van der Waals surface area contributed by atoms with E-state index in [0.29, 0.717) is 12.5 Å². The van der Waals surface area contributed by atoms with Crippen LogP contribution in [0.5, 0.6) is 0 Å². The highest BCUT2D eigenvalue weighted by Gasteiger charge is 2.25. The van der Waals surface area contributed by atoms with E-state index in [0.717, 1.165) is 32.5 Å². The van der Waals surface area contributed by atoms with E-state index in [9.17, 15) is 4.79 Å². The molecule has 1 aliphatic heterocycles. The van der Waals surface area contributed by atoms with Gasteiger partial charge in [-0.2, -0.15) is 0 Å². The Morgan fingerprint density at radius 3 is 2.41 bits per heavy atom. The summed E-state index contributed by atoms with van der Waals surface area (Å²) in [7, 11) is 0. The fourth-order valence-electron chi connectivity index (χ4n) is 2.11. The molecule has 1 fully saturated rings. The maximum absolute atomic E-state index is 12.0. The smallest absolute Gasteiger partial charge is 0.223 e. The summed E-state index contributed by atoms with van der Waals surface area (Å²) in [4.78, 5) is 14.4. The zero-order valence-corrected chi connectivity index (χ0v) is 11.4. The average Bonchev–Trinajstić information content (AvgIpc) is 2.30. The SMILES string of the molecule is CC(C)C(C)NC(=O)C1CCN(CCN)CC1. The van der Waals surface area contributed by atoms with Crippen LogP contribution in [0.3, 0.4) is 0 Å². The first-order valence-corrected chi connectivity index (χ1v) is 6.77. The number of carbonyl (C=O) groups excluding carboxylic acids is 1. The lowest BCUT2D eigenvalue weighted by Crippen LogP contribution is -2.45. The third-order valence-corrected chi connectivity index (χ3v) is 3.77. The van der Waals surface area contributed by atoms with Crippen molar-refractivity contribution < 1.29 is 4.79 Å². The van der Waals surface area contributed by atoms with Crippen LogP contribution in [-0.4, -0.2) is 43.0 Å². The molecular formula is C13H27N3O. The second kappa shape index (κ2) is 6.97. The molecule has 0 aromatic heterocycles. The summed E-state index contributed by atoms with van der Waals surface area (Å²) in [5.41, 5.74) is 5.53. The Balaban J connectivity index is 2.31. The lowest BCUT2D eigenvalue weighted by molar-refractivity contribution is -0.127. The van der Waals surface area contributed by atoms with E-state index < -0.39 is 0 Å². The van der Waals surface area contributed by atoms with Gasteiger partial charge in [0.25, 0.3) is 0 Å². The van der Waals surface area contributed by atoms with Gasteiger partial charge in [-0.1, -0.05) is 13.8 Å². The molecule has 1 atom stereocenters. The quantitative estimate of drug-likeness (QED) is 0.749. The summed E-state index contributed by atoms with van der Waals surface area (Å²) in [6, 6.07) is 0.268. The predicted octanol–water partition coefficient (Wildman–Crippen LogP) is 0.818. The zero-order chi connectivity index (χ0) is 12.8. The molecule has 0 saturated carbocycles. The zero-order valence-electron chi connectivity index (χ0n) is 11.4. The molecular weight excluding hydrogens is 214 g/mol. The van der Waals surface area contributed by atoms with Gasteiger partial charge in [-0.15, -0.1) is 0 Å². The van der Waals surface area contributed by atoms with Crippen molar-refractivity contribution in [2.75, 3.05) is 26.2 Å². The van der Waals surface area contributed by atoms with Crippen LogP contribution in [0.25, 0.3) is 0 Å². The Hall–Kier alpha value is -0.610. The molecule has 0 aromatic rings. The van der Waals surface area contributed by atoms with Crippen molar-refractivity contribution in [3.63, 3.8) is 0 Å². The van der Waals surface area contributed by atoms with E-state index in [1.165, 1.54) is 0 Å². The van der Waals surface area contributed by atoms with E-state index in [4.69, 9.17) is 5.73 Å². The lowest BCUT2D eigenvalue weighted by Gasteiger charge is -2.31. The molecule has 1 aliphatic rings. The maximum atomic E-state index is 12.0. The molecule has 0 spiro atoms. The van der Waals surface area contributed by atoms with Crippen LogP contribution in [0.1, 0.15) is 33.6 Å². The molecule has 1 unspecified atom stereocenters. The number of likely N-dealkylation sites (tertiary alicyclic amines) is 1. The molecule has 4 heteroatoms. The van der Waals surface area contributed by atoms with Crippen molar-refractivity contribution in [1.29, 1.82) is 0 Å². The van der Waals surface area contributed by atoms with E-state index in [1.807, 2.05) is 0 Å². The largest absolute Gasteiger partial charge is 0.353 e. The number of hydrogen-bond donors (Lipinski definition) is 2. The van der Waals surface area contributed by atoms with Gasteiger partial charge in [0.05, 0.1) is 0 Å². The van der Waals surface area contributed by atoms with Gasteiger partial charge in [-0.25, -0.2) is 0 Å². The fourth-order valence-corrected chi connectivity index (χ4v) is 2.11. The number of rotatable bonds is 5. The third-order valence-electron chi connectivity index (χ3n) is 3.77. The van der Waals surface area contributed by atoms with Crippen LogP contribution >= 0.6 is 0 Å². The normalized spacial score (nSPS) is 20.5. The molecule has 1 rings (SSSR count). The highest BCUT2D eigenvalue weighted by Crippen LogP contribution is 2.17. The second-order valence-electron chi connectivity index (χ2n) is 5.45. The number of amides is 1. The first-order chi connectivity index (χ1) is 8.04. The minimum atomic E-state index is 0.199. The van der Waals surface area contributed by atoms with E-state index >= 15 is 0 Å². The van der Waals surface area contributed by atoms with Gasteiger partial charge in [0.2, 0.25) is 5.91 Å². The molecule has 0 radical (unpaired) electrons. The van der Waals surface area contributed by atoms with Crippen molar-refractivity contribution in [3.8, 4) is 0 Å². The van der Waals surface area contributed by atoms with Gasteiger partial charge in [-0.05, 0) is 38.8 Å². The molecule has 0 aromatic carbocycles. The van der Waals surface area contributed by atoms with Crippen LogP contribution in [0, 0.1) is 11.8 Å². The molecule has 0 aliphatic carbocycles. The highest BCUT2D eigenvalue weighted by atomic mass is 16.1. The fraction of sp³-hybridized carbons (Fsp3) is 0.923. The van der Waals surface area contributed by atoms with Gasteiger partial charge in [0, 0.05) is 25.0 Å². The Morgan fingerprint density at radius 1 is 1.35 bits per heavy atom. The van der Waals surface area contributed by atoms with Crippen LogP contribution in [-0.2, 0) is 4.79 Å². The van der Waals surface area contributed by atoms with Crippen LogP contribution < -0.4 is 11.1 Å². The molecule has 1 amide bonds. The van der Waals surface area contributed by atoms with E-state index in [1.54, 1.807) is 0 Å². The molecule has 1 saturated heterocycles. The molecule has 4 nitrogen and oxygen atoms in total. The number of piperidine rings is 1. The van der Waals surface area contributed by atoms with Crippen molar-refractivity contribution in [2.24, 2.45) is 17.6 Å². The lowest BCUT2D eigenvalue weighted by atomic mass is 9.95. The maximum Gasteiger partial charge on any atom is 0.223 e. The second-order valence-corrected chi connectivity index (χ2v) is 5.45. The van der Waals surface area contributed by atoms with Crippen LogP contribution in [0.15, 0.2) is 0 Å². The van der Waals surface area contributed by atoms with Gasteiger partial charge in [0.15, 0.2) is 0 Å². The Kier molecular flexibility index (Phi) is 5.92. The summed E-state index contributed by atoms with van der Waals surface area (Å²) in [5, 5.41) is 3.11. The van der Waals surface area contributed by atoms with E-state index in [2.05, 4.69) is 31.0 Å². The van der Waals surface area contributed by atoms with E-state index in [-0.39, 0.29) is 17.9 Å². The van der Waals surface area contributed by atoms with Crippen molar-refractivity contribution >= 4 is 5.91 Å². The first-order valence-electron chi connectivity index (χ1n) is 6.77. The van der Waals surface area contributed by atoms with Gasteiger partial charge < -0.3 is 16.0 Å². The highest BCUT2D eigenvalue weighted by molar-refractivity contribution is 5.79.